The second-order valence-electron chi connectivity index (χ2n) is 12.0. The molecule has 2 aliphatic heterocycles. The zero-order valence-electron chi connectivity index (χ0n) is 26.3. The first-order valence-corrected chi connectivity index (χ1v) is 17.1. The van der Waals surface area contributed by atoms with E-state index in [9.17, 15) is 9.00 Å². The monoisotopic (exact) mass is 632 g/mol. The zero-order chi connectivity index (χ0) is 31.3. The van der Waals surface area contributed by atoms with Crippen molar-refractivity contribution in [3.8, 4) is 5.75 Å². The highest BCUT2D eigenvalue weighted by Gasteiger charge is 2.31. The molecule has 0 radical (unpaired) electrons. The van der Waals surface area contributed by atoms with Crippen LogP contribution in [-0.4, -0.2) is 48.3 Å². The van der Waals surface area contributed by atoms with Gasteiger partial charge >= 0.3 is 0 Å². The molecule has 4 rings (SSSR count). The molecule has 1 amide bonds. The maximum atomic E-state index is 15.3. The third kappa shape index (κ3) is 7.63. The molecule has 6 unspecified atom stereocenters. The summed E-state index contributed by atoms with van der Waals surface area (Å²) < 4.78 is 43.6. The fourth-order valence-electron chi connectivity index (χ4n) is 6.30. The van der Waals surface area contributed by atoms with Crippen molar-refractivity contribution in [2.75, 3.05) is 31.7 Å². The average molecular weight is 633 g/mol. The number of allylic oxidation sites excluding steroid dienone is 1. The van der Waals surface area contributed by atoms with Crippen LogP contribution in [0.5, 0.6) is 5.75 Å². The largest absolute Gasteiger partial charge is 0.491 e. The summed E-state index contributed by atoms with van der Waals surface area (Å²) in [7, 11) is 0.211. The van der Waals surface area contributed by atoms with E-state index >= 15 is 4.39 Å². The molecule has 0 spiro atoms. The zero-order valence-corrected chi connectivity index (χ0v) is 27.8. The van der Waals surface area contributed by atoms with Crippen LogP contribution >= 0.6 is 11.6 Å². The number of carbonyl (C=O) groups is 1. The molecule has 9 heteroatoms. The van der Waals surface area contributed by atoms with Crippen LogP contribution in [0.25, 0.3) is 0 Å². The summed E-state index contributed by atoms with van der Waals surface area (Å²) in [5.41, 5.74) is 3.93. The molecule has 0 fully saturated rings. The van der Waals surface area contributed by atoms with Gasteiger partial charge in [0.1, 0.15) is 22.6 Å². The topological polar surface area (TPSA) is 67.9 Å². The minimum absolute atomic E-state index is 0.0445. The van der Waals surface area contributed by atoms with Crippen LogP contribution in [0.3, 0.4) is 0 Å². The summed E-state index contributed by atoms with van der Waals surface area (Å²) >= 11 is 6.20. The lowest BCUT2D eigenvalue weighted by atomic mass is 9.88. The number of nitrogens with one attached hydrogen (secondary N) is 1. The number of ether oxygens (including phenoxy) is 2. The van der Waals surface area contributed by atoms with Gasteiger partial charge in [-0.15, -0.1) is 0 Å². The predicted molar refractivity (Wildman–Crippen MR) is 174 cm³/mol. The molecule has 0 saturated carbocycles. The summed E-state index contributed by atoms with van der Waals surface area (Å²) in [5.74, 6) is 0.181. The molecule has 2 bridgehead atoms. The average Bonchev–Trinajstić information content (AvgIpc) is 3.18. The van der Waals surface area contributed by atoms with E-state index in [2.05, 4.69) is 36.5 Å². The second kappa shape index (κ2) is 15.0. The summed E-state index contributed by atoms with van der Waals surface area (Å²) in [5, 5.41) is -0.103. The Kier molecular flexibility index (Phi) is 11.7. The third-order valence-corrected chi connectivity index (χ3v) is 11.0. The van der Waals surface area contributed by atoms with Gasteiger partial charge in [0.15, 0.2) is 0 Å². The van der Waals surface area contributed by atoms with Gasteiger partial charge in [-0.25, -0.2) is 8.60 Å². The molecule has 43 heavy (non-hydrogen) atoms. The highest BCUT2D eigenvalue weighted by molar-refractivity contribution is 7.84. The van der Waals surface area contributed by atoms with Crippen molar-refractivity contribution in [2.24, 2.45) is 11.8 Å². The van der Waals surface area contributed by atoms with E-state index in [1.807, 2.05) is 32.0 Å². The van der Waals surface area contributed by atoms with Crippen LogP contribution in [0.4, 0.5) is 10.1 Å². The number of anilines is 1. The van der Waals surface area contributed by atoms with Gasteiger partial charge in [-0.3, -0.25) is 9.52 Å². The lowest BCUT2D eigenvalue weighted by Crippen LogP contribution is -2.36. The van der Waals surface area contributed by atoms with Gasteiger partial charge < -0.3 is 14.4 Å². The van der Waals surface area contributed by atoms with E-state index in [1.165, 1.54) is 0 Å². The molecule has 2 aromatic carbocycles. The quantitative estimate of drug-likeness (QED) is 0.344. The van der Waals surface area contributed by atoms with E-state index in [1.54, 1.807) is 19.2 Å². The number of nitrogens with zero attached hydrogens (tertiary/aromatic N) is 1. The lowest BCUT2D eigenvalue weighted by molar-refractivity contribution is 0.0750. The maximum Gasteiger partial charge on any atom is 0.263 e. The van der Waals surface area contributed by atoms with Crippen molar-refractivity contribution in [3.63, 3.8) is 0 Å². The molecule has 0 aliphatic carbocycles. The number of methoxy groups -OCH3 is 1. The van der Waals surface area contributed by atoms with E-state index in [-0.39, 0.29) is 45.9 Å². The number of fused-ring (bicyclic) bond motifs is 1. The fraction of sp³-hybridized carbons (Fsp3) is 0.559. The Morgan fingerprint density at radius 3 is 2.67 bits per heavy atom. The molecule has 0 saturated heterocycles. The van der Waals surface area contributed by atoms with Crippen LogP contribution in [0.15, 0.2) is 42.0 Å². The first kappa shape index (κ1) is 33.5. The SMILES string of the molecule is CCCc1c(C2COc3ccc4cc3N(CCC(CC)C(OC)/C(C)=C/CC(C)C(C)S(=O)NC4=O)C2)ccc(Cl)c1F. The molecule has 1 N–H and O–H groups in total. The molecule has 6 nitrogen and oxygen atoms in total. The molecule has 236 valence electrons. The van der Waals surface area contributed by atoms with Crippen molar-refractivity contribution in [1.82, 2.24) is 4.72 Å². The summed E-state index contributed by atoms with van der Waals surface area (Å²) in [6.07, 6.45) is 6.07. The second-order valence-corrected chi connectivity index (χ2v) is 14.0. The number of halogens is 2. The highest BCUT2D eigenvalue weighted by atomic mass is 35.5. The van der Waals surface area contributed by atoms with Gasteiger partial charge in [0.05, 0.1) is 28.7 Å². The van der Waals surface area contributed by atoms with Crippen LogP contribution in [0.1, 0.15) is 87.7 Å². The third-order valence-electron chi connectivity index (χ3n) is 9.18. The van der Waals surface area contributed by atoms with Gasteiger partial charge in [-0.2, -0.15) is 0 Å². The highest BCUT2D eigenvalue weighted by Crippen LogP contribution is 2.38. The Balaban J connectivity index is 1.78. The molecular formula is C34H46ClFN2O4S. The molecule has 0 aromatic heterocycles. The van der Waals surface area contributed by atoms with Gasteiger partial charge in [0.2, 0.25) is 0 Å². The van der Waals surface area contributed by atoms with E-state index < -0.39 is 11.0 Å². The van der Waals surface area contributed by atoms with Gasteiger partial charge in [0, 0.05) is 31.7 Å². The summed E-state index contributed by atoms with van der Waals surface area (Å²) in [6, 6.07) is 8.92. The maximum absolute atomic E-state index is 15.3. The minimum atomic E-state index is -1.55. The predicted octanol–water partition coefficient (Wildman–Crippen LogP) is 7.61. The molecule has 2 aliphatic rings. The van der Waals surface area contributed by atoms with Crippen LogP contribution in [0.2, 0.25) is 5.02 Å². The first-order valence-electron chi connectivity index (χ1n) is 15.5. The standard InChI is InChI=1S/C34H46ClFN2O4S/c1-7-9-28-27(13-14-29(35)32(28)36)26-19-38-17-16-24(8-2)33(41-6)22(4)11-10-21(3)23(5)43(40)37-34(39)25-12-15-31(42-20-26)30(38)18-25/h11-15,18,21,23-24,26,33H,7-10,16-17,19-20H2,1-6H3,(H,37,39)/b22-11+. The number of hydrogen-bond donors (Lipinski definition) is 1. The fourth-order valence-corrected chi connectivity index (χ4v) is 7.50. The van der Waals surface area contributed by atoms with Gasteiger partial charge in [-0.05, 0) is 85.9 Å². The van der Waals surface area contributed by atoms with E-state index in [4.69, 9.17) is 21.1 Å². The minimum Gasteiger partial charge on any atom is -0.491 e. The Hall–Kier alpha value is -2.42. The molecule has 6 atom stereocenters. The van der Waals surface area contributed by atoms with Crippen LogP contribution in [0, 0.1) is 17.7 Å². The number of amides is 1. The van der Waals surface area contributed by atoms with Crippen LogP contribution in [-0.2, 0) is 22.1 Å². The van der Waals surface area contributed by atoms with E-state index in [0.29, 0.717) is 43.0 Å². The summed E-state index contributed by atoms with van der Waals surface area (Å²) in [4.78, 5) is 15.6. The number of carbonyl (C=O) groups excluding carboxylic acids is 1. The smallest absolute Gasteiger partial charge is 0.263 e. The Labute approximate surface area is 263 Å². The molecular weight excluding hydrogens is 587 g/mol. The molecule has 2 aromatic rings. The van der Waals surface area contributed by atoms with Crippen molar-refractivity contribution in [2.45, 2.75) is 84.0 Å². The number of benzene rings is 2. The lowest BCUT2D eigenvalue weighted by Gasteiger charge is -2.32. The van der Waals surface area contributed by atoms with Crippen molar-refractivity contribution >= 4 is 34.2 Å². The first-order chi connectivity index (χ1) is 20.6. The molecule has 2 heterocycles. The van der Waals surface area contributed by atoms with Crippen molar-refractivity contribution in [1.29, 1.82) is 0 Å². The Morgan fingerprint density at radius 1 is 1.21 bits per heavy atom. The van der Waals surface area contributed by atoms with Gasteiger partial charge in [0.25, 0.3) is 5.91 Å². The number of hydrogen-bond acceptors (Lipinski definition) is 5. The van der Waals surface area contributed by atoms with Crippen molar-refractivity contribution < 1.29 is 22.9 Å². The normalized spacial score (nSPS) is 28.3. The van der Waals surface area contributed by atoms with Gasteiger partial charge in [-0.1, -0.05) is 57.4 Å². The Morgan fingerprint density at radius 2 is 1.98 bits per heavy atom. The Bertz CT molecular complexity index is 1350. The summed E-state index contributed by atoms with van der Waals surface area (Å²) in [6.45, 7) is 11.9. The van der Waals surface area contributed by atoms with Crippen LogP contribution < -0.4 is 14.4 Å². The number of rotatable bonds is 5. The van der Waals surface area contributed by atoms with E-state index in [0.717, 1.165) is 42.5 Å². The van der Waals surface area contributed by atoms with Crippen molar-refractivity contribution in [3.05, 3.63) is 69.5 Å².